The molecule has 0 N–H and O–H groups in total. The Morgan fingerprint density at radius 3 is 2.55 bits per heavy atom. The first-order valence-corrected chi connectivity index (χ1v) is 7.73. The maximum atomic E-state index is 12.2. The second kappa shape index (κ2) is 7.35. The average molecular weight is 313 g/mol. The molecule has 0 spiro atoms. The standard InChI is InChI=1S/C16H21F2NO3/c17-16(18)22-13-6-4-12(5-7-13)11-19-8-2-1-3-14(19)15-20-9-10-21-15/h4-7,14-16H,1-3,8-11H2. The predicted molar refractivity (Wildman–Crippen MR) is 76.8 cm³/mol. The summed E-state index contributed by atoms with van der Waals surface area (Å²) in [6, 6.07) is 7.11. The molecular weight excluding hydrogens is 292 g/mol. The van der Waals surface area contributed by atoms with Gasteiger partial charge in [0, 0.05) is 6.54 Å². The van der Waals surface area contributed by atoms with Crippen LogP contribution in [0.5, 0.6) is 5.75 Å². The van der Waals surface area contributed by atoms with Crippen LogP contribution in [0.3, 0.4) is 0 Å². The van der Waals surface area contributed by atoms with Crippen molar-refractivity contribution in [2.75, 3.05) is 19.8 Å². The summed E-state index contributed by atoms with van der Waals surface area (Å²) in [4.78, 5) is 2.36. The zero-order valence-electron chi connectivity index (χ0n) is 12.4. The van der Waals surface area contributed by atoms with E-state index >= 15 is 0 Å². The fraction of sp³-hybridized carbons (Fsp3) is 0.625. The third-order valence-corrected chi connectivity index (χ3v) is 4.16. The predicted octanol–water partition coefficient (Wildman–Crippen LogP) is 3.02. The van der Waals surface area contributed by atoms with Gasteiger partial charge in [0.15, 0.2) is 6.29 Å². The molecule has 22 heavy (non-hydrogen) atoms. The summed E-state index contributed by atoms with van der Waals surface area (Å²) in [7, 11) is 0. The summed E-state index contributed by atoms with van der Waals surface area (Å²) in [6.45, 7) is 0.309. The highest BCUT2D eigenvalue weighted by Gasteiger charge is 2.33. The lowest BCUT2D eigenvalue weighted by atomic mass is 10.0. The largest absolute Gasteiger partial charge is 0.435 e. The Kier molecular flexibility index (Phi) is 5.23. The van der Waals surface area contributed by atoms with Crippen LogP contribution < -0.4 is 4.74 Å². The molecule has 1 unspecified atom stereocenters. The van der Waals surface area contributed by atoms with Gasteiger partial charge in [0.25, 0.3) is 0 Å². The van der Waals surface area contributed by atoms with Crippen LogP contribution in [0.1, 0.15) is 24.8 Å². The van der Waals surface area contributed by atoms with Gasteiger partial charge in [0.05, 0.1) is 19.3 Å². The summed E-state index contributed by atoms with van der Waals surface area (Å²) in [5.74, 6) is 0.191. The number of halogens is 2. The number of piperidine rings is 1. The van der Waals surface area contributed by atoms with Crippen LogP contribution in [-0.2, 0) is 16.0 Å². The van der Waals surface area contributed by atoms with Crippen LogP contribution in [0, 0.1) is 0 Å². The molecule has 4 nitrogen and oxygen atoms in total. The maximum Gasteiger partial charge on any atom is 0.387 e. The van der Waals surface area contributed by atoms with Gasteiger partial charge in [0.2, 0.25) is 0 Å². The third-order valence-electron chi connectivity index (χ3n) is 4.16. The highest BCUT2D eigenvalue weighted by molar-refractivity contribution is 5.27. The minimum atomic E-state index is -2.78. The van der Waals surface area contributed by atoms with Gasteiger partial charge in [-0.05, 0) is 37.1 Å². The molecule has 2 fully saturated rings. The summed E-state index contributed by atoms with van der Waals surface area (Å²) in [5, 5.41) is 0. The van der Waals surface area contributed by atoms with Gasteiger partial charge in [-0.3, -0.25) is 4.90 Å². The molecule has 122 valence electrons. The van der Waals surface area contributed by atoms with Crippen LogP contribution in [0.4, 0.5) is 8.78 Å². The van der Waals surface area contributed by atoms with Crippen molar-refractivity contribution < 1.29 is 23.0 Å². The van der Waals surface area contributed by atoms with E-state index in [-0.39, 0.29) is 18.1 Å². The first kappa shape index (κ1) is 15.6. The molecule has 0 saturated carbocycles. The minimum Gasteiger partial charge on any atom is -0.435 e. The minimum absolute atomic E-state index is 0.137. The van der Waals surface area contributed by atoms with Crippen molar-refractivity contribution in [1.82, 2.24) is 4.90 Å². The Balaban J connectivity index is 1.62. The van der Waals surface area contributed by atoms with Crippen molar-refractivity contribution in [2.24, 2.45) is 0 Å². The molecule has 1 aromatic rings. The molecule has 0 radical (unpaired) electrons. The van der Waals surface area contributed by atoms with Crippen molar-refractivity contribution in [3.05, 3.63) is 29.8 Å². The average Bonchev–Trinajstić information content (AvgIpc) is 3.03. The Morgan fingerprint density at radius 2 is 1.86 bits per heavy atom. The third kappa shape index (κ3) is 3.94. The van der Waals surface area contributed by atoms with Gasteiger partial charge in [-0.2, -0.15) is 8.78 Å². The van der Waals surface area contributed by atoms with Gasteiger partial charge in [-0.25, -0.2) is 0 Å². The second-order valence-electron chi connectivity index (χ2n) is 5.67. The Hall–Kier alpha value is -1.24. The number of hydrogen-bond donors (Lipinski definition) is 0. The van der Waals surface area contributed by atoms with E-state index in [1.807, 2.05) is 12.1 Å². The molecule has 2 aliphatic rings. The van der Waals surface area contributed by atoms with Gasteiger partial charge >= 0.3 is 6.61 Å². The summed E-state index contributed by atoms with van der Waals surface area (Å²) >= 11 is 0. The van der Waals surface area contributed by atoms with E-state index in [1.165, 1.54) is 6.42 Å². The summed E-state index contributed by atoms with van der Waals surface area (Å²) in [5.41, 5.74) is 1.08. The first-order chi connectivity index (χ1) is 10.7. The quantitative estimate of drug-likeness (QED) is 0.836. The molecule has 6 heteroatoms. The van der Waals surface area contributed by atoms with Crippen LogP contribution in [0.2, 0.25) is 0 Å². The van der Waals surface area contributed by atoms with Gasteiger partial charge in [-0.1, -0.05) is 18.6 Å². The lowest BCUT2D eigenvalue weighted by Crippen LogP contribution is -2.46. The molecule has 1 aromatic carbocycles. The van der Waals surface area contributed by atoms with Crippen LogP contribution in [0.25, 0.3) is 0 Å². The van der Waals surface area contributed by atoms with E-state index in [0.29, 0.717) is 13.2 Å². The van der Waals surface area contributed by atoms with E-state index < -0.39 is 6.61 Å². The number of benzene rings is 1. The number of ether oxygens (including phenoxy) is 3. The summed E-state index contributed by atoms with van der Waals surface area (Å²) in [6.07, 6.45) is 3.28. The van der Waals surface area contributed by atoms with E-state index in [4.69, 9.17) is 9.47 Å². The topological polar surface area (TPSA) is 30.9 Å². The number of alkyl halides is 2. The zero-order valence-corrected chi connectivity index (χ0v) is 12.4. The lowest BCUT2D eigenvalue weighted by molar-refractivity contribution is -0.111. The molecule has 0 aliphatic carbocycles. The monoisotopic (exact) mass is 313 g/mol. The summed E-state index contributed by atoms with van der Waals surface area (Å²) < 4.78 is 40.0. The first-order valence-electron chi connectivity index (χ1n) is 7.73. The second-order valence-corrected chi connectivity index (χ2v) is 5.67. The molecule has 3 rings (SSSR count). The highest BCUT2D eigenvalue weighted by Crippen LogP contribution is 2.26. The lowest BCUT2D eigenvalue weighted by Gasteiger charge is -2.38. The molecule has 0 amide bonds. The van der Waals surface area contributed by atoms with Crippen LogP contribution in [0.15, 0.2) is 24.3 Å². The Bertz CT molecular complexity index is 463. The van der Waals surface area contributed by atoms with Crippen molar-refractivity contribution in [3.8, 4) is 5.75 Å². The normalized spacial score (nSPS) is 24.0. The number of likely N-dealkylation sites (tertiary alicyclic amines) is 1. The molecule has 1 atom stereocenters. The van der Waals surface area contributed by atoms with E-state index in [0.717, 1.165) is 31.5 Å². The van der Waals surface area contributed by atoms with Crippen molar-refractivity contribution >= 4 is 0 Å². The highest BCUT2D eigenvalue weighted by atomic mass is 19.3. The van der Waals surface area contributed by atoms with E-state index in [9.17, 15) is 8.78 Å². The molecule has 2 aliphatic heterocycles. The van der Waals surface area contributed by atoms with Crippen LogP contribution in [-0.4, -0.2) is 43.6 Å². The van der Waals surface area contributed by atoms with Gasteiger partial charge < -0.3 is 14.2 Å². The molecule has 2 heterocycles. The molecule has 0 bridgehead atoms. The van der Waals surface area contributed by atoms with E-state index in [1.54, 1.807) is 12.1 Å². The van der Waals surface area contributed by atoms with Gasteiger partial charge in [0.1, 0.15) is 5.75 Å². The molecule has 2 saturated heterocycles. The SMILES string of the molecule is FC(F)Oc1ccc(CN2CCCCC2C2OCCO2)cc1. The van der Waals surface area contributed by atoms with E-state index in [2.05, 4.69) is 9.64 Å². The fourth-order valence-corrected chi connectivity index (χ4v) is 3.13. The molecular formula is C16H21F2NO3. The smallest absolute Gasteiger partial charge is 0.387 e. The van der Waals surface area contributed by atoms with Crippen molar-refractivity contribution in [3.63, 3.8) is 0 Å². The number of hydrogen-bond acceptors (Lipinski definition) is 4. The maximum absolute atomic E-state index is 12.2. The Morgan fingerprint density at radius 1 is 1.14 bits per heavy atom. The fourth-order valence-electron chi connectivity index (χ4n) is 3.13. The van der Waals surface area contributed by atoms with Crippen LogP contribution >= 0.6 is 0 Å². The Labute approximate surface area is 129 Å². The molecule has 0 aromatic heterocycles. The zero-order chi connectivity index (χ0) is 15.4. The number of nitrogens with zero attached hydrogens (tertiary/aromatic N) is 1. The van der Waals surface area contributed by atoms with Crippen molar-refractivity contribution in [2.45, 2.75) is 44.8 Å². The van der Waals surface area contributed by atoms with Gasteiger partial charge in [-0.15, -0.1) is 0 Å². The number of rotatable bonds is 5. The van der Waals surface area contributed by atoms with Crippen molar-refractivity contribution in [1.29, 1.82) is 0 Å².